The first-order valence-electron chi connectivity index (χ1n) is 7.09. The van der Waals surface area contributed by atoms with E-state index in [0.717, 1.165) is 5.56 Å². The lowest BCUT2D eigenvalue weighted by Crippen LogP contribution is -2.37. The predicted molar refractivity (Wildman–Crippen MR) is 75.4 cm³/mol. The Balaban J connectivity index is 1.61. The summed E-state index contributed by atoms with van der Waals surface area (Å²) in [5.41, 5.74) is 0.925. The Morgan fingerprint density at radius 2 is 2.05 bits per heavy atom. The van der Waals surface area contributed by atoms with Crippen LogP contribution in [0.2, 0.25) is 0 Å². The van der Waals surface area contributed by atoms with Gasteiger partial charge in [-0.1, -0.05) is 30.3 Å². The molecule has 1 aliphatic heterocycles. The lowest BCUT2D eigenvalue weighted by atomic mass is 10.0. The normalized spacial score (nSPS) is 25.3. The van der Waals surface area contributed by atoms with Crippen LogP contribution < -0.4 is 5.32 Å². The van der Waals surface area contributed by atoms with Gasteiger partial charge in [-0.15, -0.1) is 0 Å². The van der Waals surface area contributed by atoms with Crippen LogP contribution in [-0.2, 0) is 16.1 Å². The molecule has 0 bridgehead atoms. The van der Waals surface area contributed by atoms with E-state index in [1.807, 2.05) is 30.3 Å². The number of aliphatic hydroxyl groups excluding tert-OH is 2. The van der Waals surface area contributed by atoms with Crippen molar-refractivity contribution in [1.82, 2.24) is 5.32 Å². The van der Waals surface area contributed by atoms with Gasteiger partial charge in [-0.3, -0.25) is 0 Å². The Hall–Kier alpha value is -1.63. The standard InChI is InChI=1S/C15H21NO5/c17-12-8-13(21-14(18)9-12)6-7-16-15(19)20-10-11-4-2-1-3-5-11/h1-5,12-14,17-18H,6-10H2,(H,16,19)/t12?,13?,14-/m1/s1. The van der Waals surface area contributed by atoms with Crippen molar-refractivity contribution in [2.75, 3.05) is 6.54 Å². The molecule has 1 aromatic rings. The molecule has 1 fully saturated rings. The van der Waals surface area contributed by atoms with Crippen LogP contribution in [0.3, 0.4) is 0 Å². The molecule has 1 saturated heterocycles. The van der Waals surface area contributed by atoms with Crippen LogP contribution in [-0.4, -0.2) is 41.3 Å². The van der Waals surface area contributed by atoms with Gasteiger partial charge in [0.1, 0.15) is 6.61 Å². The van der Waals surface area contributed by atoms with Gasteiger partial charge in [0.05, 0.1) is 12.2 Å². The largest absolute Gasteiger partial charge is 0.445 e. The number of alkyl carbamates (subject to hydrolysis) is 1. The second-order valence-electron chi connectivity index (χ2n) is 5.12. The fourth-order valence-electron chi connectivity index (χ4n) is 2.26. The summed E-state index contributed by atoms with van der Waals surface area (Å²) in [6, 6.07) is 9.43. The highest BCUT2D eigenvalue weighted by Gasteiger charge is 2.26. The number of hydrogen-bond acceptors (Lipinski definition) is 5. The van der Waals surface area contributed by atoms with Crippen LogP contribution in [0.5, 0.6) is 0 Å². The minimum absolute atomic E-state index is 0.226. The van der Waals surface area contributed by atoms with Gasteiger partial charge in [-0.05, 0) is 18.4 Å². The van der Waals surface area contributed by atoms with Gasteiger partial charge in [0.15, 0.2) is 6.29 Å². The number of rotatable bonds is 5. The monoisotopic (exact) mass is 295 g/mol. The fourth-order valence-corrected chi connectivity index (χ4v) is 2.26. The molecule has 1 aromatic carbocycles. The first-order valence-corrected chi connectivity index (χ1v) is 7.09. The quantitative estimate of drug-likeness (QED) is 0.758. The van der Waals surface area contributed by atoms with Crippen molar-refractivity contribution in [1.29, 1.82) is 0 Å². The van der Waals surface area contributed by atoms with Crippen molar-refractivity contribution in [3.8, 4) is 0 Å². The van der Waals surface area contributed by atoms with Crippen LogP contribution in [0, 0.1) is 0 Å². The zero-order valence-corrected chi connectivity index (χ0v) is 11.8. The molecule has 3 atom stereocenters. The molecular formula is C15H21NO5. The zero-order chi connectivity index (χ0) is 15.1. The maximum atomic E-state index is 11.5. The Morgan fingerprint density at radius 1 is 1.29 bits per heavy atom. The molecular weight excluding hydrogens is 274 g/mol. The predicted octanol–water partition coefficient (Wildman–Crippen LogP) is 1.16. The first kappa shape index (κ1) is 15.8. The molecule has 0 aliphatic carbocycles. The Labute approximate surface area is 123 Å². The number of amides is 1. The maximum Gasteiger partial charge on any atom is 0.407 e. The van der Waals surface area contributed by atoms with Gasteiger partial charge in [0.2, 0.25) is 0 Å². The van der Waals surface area contributed by atoms with Crippen molar-refractivity contribution in [3.63, 3.8) is 0 Å². The van der Waals surface area contributed by atoms with Crippen LogP contribution in [0.15, 0.2) is 30.3 Å². The maximum absolute atomic E-state index is 11.5. The molecule has 116 valence electrons. The lowest BCUT2D eigenvalue weighted by Gasteiger charge is -2.30. The molecule has 1 amide bonds. The number of carbonyl (C=O) groups excluding carboxylic acids is 1. The number of hydrogen-bond donors (Lipinski definition) is 3. The Morgan fingerprint density at radius 3 is 2.76 bits per heavy atom. The van der Waals surface area contributed by atoms with E-state index >= 15 is 0 Å². The third kappa shape index (κ3) is 5.71. The average molecular weight is 295 g/mol. The van der Waals surface area contributed by atoms with Gasteiger partial charge in [0.25, 0.3) is 0 Å². The molecule has 6 heteroatoms. The molecule has 21 heavy (non-hydrogen) atoms. The molecule has 6 nitrogen and oxygen atoms in total. The van der Waals surface area contributed by atoms with Crippen LogP contribution in [0.4, 0.5) is 4.79 Å². The van der Waals surface area contributed by atoms with E-state index < -0.39 is 18.5 Å². The number of ether oxygens (including phenoxy) is 2. The highest BCUT2D eigenvalue weighted by Crippen LogP contribution is 2.19. The molecule has 3 N–H and O–H groups in total. The van der Waals surface area contributed by atoms with E-state index in [2.05, 4.69) is 5.32 Å². The van der Waals surface area contributed by atoms with E-state index in [4.69, 9.17) is 9.47 Å². The summed E-state index contributed by atoms with van der Waals surface area (Å²) in [6.07, 6.45) is -0.989. The molecule has 0 spiro atoms. The number of nitrogens with one attached hydrogen (secondary N) is 1. The van der Waals surface area contributed by atoms with Gasteiger partial charge in [-0.25, -0.2) is 4.79 Å². The van der Waals surface area contributed by atoms with Crippen LogP contribution in [0.1, 0.15) is 24.8 Å². The second-order valence-corrected chi connectivity index (χ2v) is 5.12. The third-order valence-corrected chi connectivity index (χ3v) is 3.31. The van der Waals surface area contributed by atoms with E-state index in [9.17, 15) is 15.0 Å². The molecule has 2 rings (SSSR count). The summed E-state index contributed by atoms with van der Waals surface area (Å²) in [5.74, 6) is 0. The summed E-state index contributed by atoms with van der Waals surface area (Å²) in [7, 11) is 0. The smallest absolute Gasteiger partial charge is 0.407 e. The Kier molecular flexibility index (Phi) is 5.98. The van der Waals surface area contributed by atoms with Crippen molar-refractivity contribution < 1.29 is 24.5 Å². The van der Waals surface area contributed by atoms with E-state index in [1.165, 1.54) is 0 Å². The number of benzene rings is 1. The van der Waals surface area contributed by atoms with Crippen LogP contribution >= 0.6 is 0 Å². The molecule has 2 unspecified atom stereocenters. The van der Waals surface area contributed by atoms with Gasteiger partial charge in [-0.2, -0.15) is 0 Å². The fraction of sp³-hybridized carbons (Fsp3) is 0.533. The molecule has 1 heterocycles. The zero-order valence-electron chi connectivity index (χ0n) is 11.8. The lowest BCUT2D eigenvalue weighted by molar-refractivity contribution is -0.189. The second kappa shape index (κ2) is 7.97. The summed E-state index contributed by atoms with van der Waals surface area (Å²) >= 11 is 0. The van der Waals surface area contributed by atoms with Crippen molar-refractivity contribution in [2.24, 2.45) is 0 Å². The van der Waals surface area contributed by atoms with E-state index in [1.54, 1.807) is 0 Å². The molecule has 0 saturated carbocycles. The van der Waals surface area contributed by atoms with Gasteiger partial charge >= 0.3 is 6.09 Å². The van der Waals surface area contributed by atoms with Gasteiger partial charge < -0.3 is 25.0 Å². The number of aliphatic hydroxyl groups is 2. The topological polar surface area (TPSA) is 88.0 Å². The summed E-state index contributed by atoms with van der Waals surface area (Å²) in [4.78, 5) is 11.5. The first-order chi connectivity index (χ1) is 10.1. The van der Waals surface area contributed by atoms with Crippen LogP contribution in [0.25, 0.3) is 0 Å². The van der Waals surface area contributed by atoms with Crippen molar-refractivity contribution in [3.05, 3.63) is 35.9 Å². The molecule has 0 aromatic heterocycles. The highest BCUT2D eigenvalue weighted by atomic mass is 16.6. The summed E-state index contributed by atoms with van der Waals surface area (Å²) in [6.45, 7) is 0.599. The summed E-state index contributed by atoms with van der Waals surface area (Å²) in [5, 5.41) is 21.5. The molecule has 0 radical (unpaired) electrons. The van der Waals surface area contributed by atoms with E-state index in [0.29, 0.717) is 19.4 Å². The Bertz CT molecular complexity index is 429. The minimum Gasteiger partial charge on any atom is -0.445 e. The SMILES string of the molecule is O=C(NCCC1CC(O)C[C@H](O)O1)OCc1ccccc1. The van der Waals surface area contributed by atoms with Crippen molar-refractivity contribution in [2.45, 2.75) is 44.4 Å². The average Bonchev–Trinajstić information content (AvgIpc) is 2.45. The third-order valence-electron chi connectivity index (χ3n) is 3.31. The molecule has 1 aliphatic rings. The van der Waals surface area contributed by atoms with E-state index in [-0.39, 0.29) is 19.1 Å². The summed E-state index contributed by atoms with van der Waals surface area (Å²) < 4.78 is 10.3. The highest BCUT2D eigenvalue weighted by molar-refractivity contribution is 5.67. The number of carbonyl (C=O) groups is 1. The van der Waals surface area contributed by atoms with Gasteiger partial charge in [0, 0.05) is 13.0 Å². The van der Waals surface area contributed by atoms with Crippen molar-refractivity contribution >= 4 is 6.09 Å². The minimum atomic E-state index is -0.927.